The summed E-state index contributed by atoms with van der Waals surface area (Å²) in [6.45, 7) is 12.6. The average molecular weight is 168 g/mol. The molecule has 0 aromatic rings. The van der Waals surface area contributed by atoms with Gasteiger partial charge in [0.05, 0.1) is 0 Å². The molecule has 0 bridgehead atoms. The monoisotopic (exact) mass is 168 g/mol. The summed E-state index contributed by atoms with van der Waals surface area (Å²) in [5.74, 6) is -0.0978. The van der Waals surface area contributed by atoms with E-state index in [1.807, 2.05) is 13.8 Å². The summed E-state index contributed by atoms with van der Waals surface area (Å²) in [5, 5.41) is 0. The normalized spacial score (nSPS) is 12.3. The molecule has 0 rings (SSSR count). The van der Waals surface area contributed by atoms with Crippen molar-refractivity contribution in [3.63, 3.8) is 0 Å². The van der Waals surface area contributed by atoms with Crippen LogP contribution in [0.3, 0.4) is 0 Å². The molecule has 0 aromatic heterocycles. The zero-order chi connectivity index (χ0) is 9.72. The Morgan fingerprint density at radius 2 is 2.00 bits per heavy atom. The molecule has 1 unspecified atom stereocenters. The fourth-order valence-corrected chi connectivity index (χ4v) is 0.681. The third-order valence-electron chi connectivity index (χ3n) is 1.48. The number of carbonyl (C=O) groups excluding carboxylic acids is 1. The van der Waals surface area contributed by atoms with Crippen LogP contribution in [0.25, 0.3) is 0 Å². The first kappa shape index (κ1) is 11.0. The van der Waals surface area contributed by atoms with Crippen LogP contribution in [-0.4, -0.2) is 12.1 Å². The Morgan fingerprint density at radius 1 is 1.50 bits per heavy atom. The van der Waals surface area contributed by atoms with E-state index >= 15 is 0 Å². The van der Waals surface area contributed by atoms with Crippen LogP contribution in [-0.2, 0) is 9.53 Å². The Labute approximate surface area is 73.9 Å². The zero-order valence-corrected chi connectivity index (χ0v) is 7.96. The largest absolute Gasteiger partial charge is 0.455 e. The summed E-state index contributed by atoms with van der Waals surface area (Å²) in [6, 6.07) is 0. The summed E-state index contributed by atoms with van der Waals surface area (Å²) < 4.78 is 5.07. The Morgan fingerprint density at radius 3 is 2.25 bits per heavy atom. The van der Waals surface area contributed by atoms with Crippen LogP contribution >= 0.6 is 0 Å². The van der Waals surface area contributed by atoms with E-state index in [1.165, 1.54) is 0 Å². The summed E-state index contributed by atoms with van der Waals surface area (Å²) in [4.78, 5) is 11.0. The summed E-state index contributed by atoms with van der Waals surface area (Å²) in [6.07, 6.45) is 1.42. The smallest absolute Gasteiger partial charge is 0.333 e. The van der Waals surface area contributed by atoms with Gasteiger partial charge in [-0.3, -0.25) is 0 Å². The highest BCUT2D eigenvalue weighted by Gasteiger charge is 2.14. The van der Waals surface area contributed by atoms with E-state index in [4.69, 9.17) is 4.74 Å². The lowest BCUT2D eigenvalue weighted by Gasteiger charge is -2.17. The standard InChI is InChI=1S/C10H16O2/c1-6-9(7(2)3)12-10(11)8(4)5/h6-7,9H,1,4H2,2-3,5H3. The van der Waals surface area contributed by atoms with Crippen LogP contribution < -0.4 is 0 Å². The first-order valence-corrected chi connectivity index (χ1v) is 3.98. The van der Waals surface area contributed by atoms with Gasteiger partial charge >= 0.3 is 5.97 Å². The molecule has 68 valence electrons. The third kappa shape index (κ3) is 3.37. The maximum absolute atomic E-state index is 11.0. The van der Waals surface area contributed by atoms with Gasteiger partial charge in [-0.2, -0.15) is 0 Å². The molecule has 0 N–H and O–H groups in total. The molecule has 0 amide bonds. The van der Waals surface area contributed by atoms with Gasteiger partial charge in [0.2, 0.25) is 0 Å². The van der Waals surface area contributed by atoms with Crippen molar-refractivity contribution in [2.24, 2.45) is 5.92 Å². The number of rotatable bonds is 4. The van der Waals surface area contributed by atoms with Crippen LogP contribution in [0.4, 0.5) is 0 Å². The molecule has 0 aliphatic carbocycles. The van der Waals surface area contributed by atoms with Crippen molar-refractivity contribution in [1.29, 1.82) is 0 Å². The molecule has 0 spiro atoms. The maximum atomic E-state index is 11.0. The lowest BCUT2D eigenvalue weighted by molar-refractivity contribution is -0.143. The molecule has 1 atom stereocenters. The Kier molecular flexibility index (Phi) is 4.34. The van der Waals surface area contributed by atoms with Crippen molar-refractivity contribution in [3.8, 4) is 0 Å². The zero-order valence-electron chi connectivity index (χ0n) is 7.96. The highest BCUT2D eigenvalue weighted by molar-refractivity contribution is 5.87. The van der Waals surface area contributed by atoms with Gasteiger partial charge < -0.3 is 4.74 Å². The van der Waals surface area contributed by atoms with E-state index in [9.17, 15) is 4.79 Å². The molecule has 2 heteroatoms. The lowest BCUT2D eigenvalue weighted by Crippen LogP contribution is -2.21. The van der Waals surface area contributed by atoms with Crippen molar-refractivity contribution >= 4 is 5.97 Å². The van der Waals surface area contributed by atoms with Gasteiger partial charge in [-0.1, -0.05) is 33.1 Å². The fraction of sp³-hybridized carbons (Fsp3) is 0.500. The molecular weight excluding hydrogens is 152 g/mol. The van der Waals surface area contributed by atoms with E-state index < -0.39 is 0 Å². The predicted octanol–water partition coefficient (Wildman–Crippen LogP) is 2.32. The highest BCUT2D eigenvalue weighted by Crippen LogP contribution is 2.09. The number of hydrogen-bond acceptors (Lipinski definition) is 2. The second-order valence-corrected chi connectivity index (χ2v) is 3.13. The molecule has 0 fully saturated rings. The van der Waals surface area contributed by atoms with Crippen LogP contribution in [0.15, 0.2) is 24.8 Å². The molecule has 0 saturated carbocycles. The van der Waals surface area contributed by atoms with Crippen LogP contribution in [0, 0.1) is 5.92 Å². The summed E-state index contributed by atoms with van der Waals surface area (Å²) >= 11 is 0. The Hall–Kier alpha value is -1.05. The molecule has 0 aromatic carbocycles. The van der Waals surface area contributed by atoms with E-state index in [1.54, 1.807) is 13.0 Å². The van der Waals surface area contributed by atoms with Crippen molar-refractivity contribution in [1.82, 2.24) is 0 Å². The van der Waals surface area contributed by atoms with Gasteiger partial charge in [0, 0.05) is 5.57 Å². The molecule has 0 radical (unpaired) electrons. The van der Waals surface area contributed by atoms with E-state index in [0.717, 1.165) is 0 Å². The molecular formula is C10H16O2. The molecule has 0 aliphatic rings. The summed E-state index contributed by atoms with van der Waals surface area (Å²) in [7, 11) is 0. The van der Waals surface area contributed by atoms with Crippen molar-refractivity contribution in [3.05, 3.63) is 24.8 Å². The van der Waals surface area contributed by atoms with E-state index in [0.29, 0.717) is 5.57 Å². The first-order valence-electron chi connectivity index (χ1n) is 3.98. The maximum Gasteiger partial charge on any atom is 0.333 e. The average Bonchev–Trinajstić information content (AvgIpc) is 1.98. The van der Waals surface area contributed by atoms with Crippen LogP contribution in [0.5, 0.6) is 0 Å². The summed E-state index contributed by atoms with van der Waals surface area (Å²) in [5.41, 5.74) is 0.419. The minimum atomic E-state index is -0.353. The first-order chi connectivity index (χ1) is 5.49. The lowest BCUT2D eigenvalue weighted by atomic mass is 10.1. The number of carbonyl (C=O) groups is 1. The Bertz CT molecular complexity index is 192. The second kappa shape index (κ2) is 4.75. The highest BCUT2D eigenvalue weighted by atomic mass is 16.5. The van der Waals surface area contributed by atoms with Crippen molar-refractivity contribution in [2.75, 3.05) is 0 Å². The topological polar surface area (TPSA) is 26.3 Å². The molecule has 12 heavy (non-hydrogen) atoms. The van der Waals surface area contributed by atoms with Crippen LogP contribution in [0.2, 0.25) is 0 Å². The second-order valence-electron chi connectivity index (χ2n) is 3.13. The number of esters is 1. The SMILES string of the molecule is C=CC(OC(=O)C(=C)C)C(C)C. The fourth-order valence-electron chi connectivity index (χ4n) is 0.681. The van der Waals surface area contributed by atoms with E-state index in [-0.39, 0.29) is 18.0 Å². The molecule has 0 heterocycles. The number of ether oxygens (including phenoxy) is 1. The van der Waals surface area contributed by atoms with Crippen LogP contribution in [0.1, 0.15) is 20.8 Å². The quantitative estimate of drug-likeness (QED) is 0.366. The van der Waals surface area contributed by atoms with Gasteiger partial charge in [0.1, 0.15) is 6.10 Å². The molecule has 2 nitrogen and oxygen atoms in total. The van der Waals surface area contributed by atoms with Gasteiger partial charge in [-0.05, 0) is 12.8 Å². The van der Waals surface area contributed by atoms with E-state index in [2.05, 4.69) is 13.2 Å². The van der Waals surface area contributed by atoms with Gasteiger partial charge in [0.25, 0.3) is 0 Å². The number of hydrogen-bond donors (Lipinski definition) is 0. The van der Waals surface area contributed by atoms with Gasteiger partial charge in [0.15, 0.2) is 0 Å². The molecule has 0 saturated heterocycles. The predicted molar refractivity (Wildman–Crippen MR) is 49.7 cm³/mol. The van der Waals surface area contributed by atoms with Gasteiger partial charge in [-0.15, -0.1) is 0 Å². The minimum absolute atomic E-state index is 0.214. The molecule has 0 aliphatic heterocycles. The van der Waals surface area contributed by atoms with Crippen molar-refractivity contribution in [2.45, 2.75) is 26.9 Å². The van der Waals surface area contributed by atoms with Gasteiger partial charge in [-0.25, -0.2) is 4.79 Å². The minimum Gasteiger partial charge on any atom is -0.455 e. The van der Waals surface area contributed by atoms with Crippen molar-refractivity contribution < 1.29 is 9.53 Å². The Balaban J connectivity index is 4.12. The third-order valence-corrected chi connectivity index (χ3v) is 1.48.